The summed E-state index contributed by atoms with van der Waals surface area (Å²) in [4.78, 5) is 44.2. The van der Waals surface area contributed by atoms with E-state index in [0.29, 0.717) is 22.5 Å². The second kappa shape index (κ2) is 11.9. The molecule has 3 N–H and O–H groups in total. The van der Waals surface area contributed by atoms with Crippen LogP contribution in [0.1, 0.15) is 36.8 Å². The van der Waals surface area contributed by atoms with Gasteiger partial charge in [0.1, 0.15) is 0 Å². The highest BCUT2D eigenvalue weighted by atomic mass is 19.4. The lowest BCUT2D eigenvalue weighted by atomic mass is 9.83. The minimum absolute atomic E-state index is 0.296. The van der Waals surface area contributed by atoms with Crippen LogP contribution in [0.4, 0.5) is 32.0 Å². The maximum atomic E-state index is 13.3. The lowest BCUT2D eigenvalue weighted by molar-refractivity contribution is -0.152. The minimum Gasteiger partial charge on any atom is -0.369 e. The summed E-state index contributed by atoms with van der Waals surface area (Å²) in [6.07, 6.45) is -16.2. The number of primary amides is 1. The van der Waals surface area contributed by atoms with Crippen LogP contribution in [-0.4, -0.2) is 49.0 Å². The van der Waals surface area contributed by atoms with E-state index >= 15 is 0 Å². The number of rotatable bonds is 9. The van der Waals surface area contributed by atoms with E-state index in [1.54, 1.807) is 54.6 Å². The number of benzene rings is 2. The van der Waals surface area contributed by atoms with Gasteiger partial charge >= 0.3 is 12.4 Å². The molecule has 3 rings (SSSR count). The number of aliphatic imine (C=N–C) groups is 1. The van der Waals surface area contributed by atoms with Gasteiger partial charge < -0.3 is 16.0 Å². The van der Waals surface area contributed by atoms with Gasteiger partial charge in [-0.15, -0.1) is 0 Å². The van der Waals surface area contributed by atoms with Gasteiger partial charge in [0.05, 0.1) is 11.4 Å². The first-order chi connectivity index (χ1) is 18.2. The van der Waals surface area contributed by atoms with Crippen LogP contribution in [0.5, 0.6) is 0 Å². The molecule has 3 amide bonds. The monoisotopic (exact) mass is 556 g/mol. The molecule has 1 aliphatic rings. The molecule has 0 spiro atoms. The molecule has 0 saturated carbocycles. The maximum Gasteiger partial charge on any atom is 0.389 e. The number of halogens is 6. The predicted molar refractivity (Wildman–Crippen MR) is 131 cm³/mol. The number of para-hydroxylation sites is 1. The number of hydrogen-bond donors (Lipinski definition) is 2. The molecule has 7 nitrogen and oxygen atoms in total. The zero-order valence-electron chi connectivity index (χ0n) is 20.7. The highest BCUT2D eigenvalue weighted by Crippen LogP contribution is 2.33. The maximum absolute atomic E-state index is 13.3. The molecule has 210 valence electrons. The number of benzodiazepines with no additional fused rings is 1. The summed E-state index contributed by atoms with van der Waals surface area (Å²) >= 11 is 0. The molecule has 2 aromatic rings. The van der Waals surface area contributed by atoms with Crippen LogP contribution in [0, 0.1) is 11.8 Å². The molecule has 1 aliphatic heterocycles. The molecule has 0 radical (unpaired) electrons. The Bertz CT molecular complexity index is 1230. The molecule has 3 atom stereocenters. The predicted octanol–water partition coefficient (Wildman–Crippen LogP) is 4.35. The largest absolute Gasteiger partial charge is 0.389 e. The van der Waals surface area contributed by atoms with E-state index in [1.165, 1.54) is 11.9 Å². The number of nitrogens with two attached hydrogens (primary N) is 1. The number of alkyl halides is 6. The molecule has 13 heteroatoms. The van der Waals surface area contributed by atoms with Gasteiger partial charge in [0.25, 0.3) is 5.91 Å². The van der Waals surface area contributed by atoms with Crippen molar-refractivity contribution in [1.29, 1.82) is 0 Å². The number of fused-ring (bicyclic) bond motifs is 1. The summed E-state index contributed by atoms with van der Waals surface area (Å²) in [6, 6.07) is 15.3. The molecular weight excluding hydrogens is 530 g/mol. The Kier molecular flexibility index (Phi) is 9.03. The van der Waals surface area contributed by atoms with Crippen LogP contribution in [-0.2, 0) is 14.4 Å². The number of anilines is 1. The molecule has 0 bridgehead atoms. The number of likely N-dealkylation sites (N-methyl/N-ethyl adjacent to an activating group) is 1. The first-order valence-corrected chi connectivity index (χ1v) is 11.9. The van der Waals surface area contributed by atoms with Gasteiger partial charge in [-0.3, -0.25) is 14.4 Å². The fourth-order valence-corrected chi connectivity index (χ4v) is 4.38. The number of carbonyl (C=O) groups is 3. The van der Waals surface area contributed by atoms with E-state index in [2.05, 4.69) is 10.3 Å². The third-order valence-corrected chi connectivity index (χ3v) is 6.33. The Morgan fingerprint density at radius 3 is 2.03 bits per heavy atom. The second-order valence-corrected chi connectivity index (χ2v) is 9.09. The second-order valence-electron chi connectivity index (χ2n) is 9.09. The average Bonchev–Trinajstić information content (AvgIpc) is 2.95. The number of nitrogens with zero attached hydrogens (tertiary/aromatic N) is 2. The third kappa shape index (κ3) is 7.80. The number of nitrogens with one attached hydrogen (secondary N) is 1. The van der Waals surface area contributed by atoms with E-state index in [0.717, 1.165) is 0 Å². The number of amides is 3. The van der Waals surface area contributed by atoms with Crippen molar-refractivity contribution in [1.82, 2.24) is 5.32 Å². The highest BCUT2D eigenvalue weighted by Gasteiger charge is 2.41. The van der Waals surface area contributed by atoms with Crippen molar-refractivity contribution in [2.45, 2.75) is 44.2 Å². The van der Waals surface area contributed by atoms with Gasteiger partial charge in [-0.1, -0.05) is 48.5 Å². The molecule has 0 aromatic heterocycles. The molecule has 39 heavy (non-hydrogen) atoms. The van der Waals surface area contributed by atoms with E-state index in [9.17, 15) is 40.7 Å². The molecular formula is C26H26F6N4O3. The Balaban J connectivity index is 2.00. The summed E-state index contributed by atoms with van der Waals surface area (Å²) in [5.41, 5.74) is 7.08. The van der Waals surface area contributed by atoms with Crippen LogP contribution in [0.25, 0.3) is 0 Å². The van der Waals surface area contributed by atoms with Gasteiger partial charge in [0.2, 0.25) is 18.0 Å². The molecule has 0 fully saturated rings. The standard InChI is InChI=1S/C26H26F6N4O3/c1-36-19-10-6-5-9-18(19)20(15-7-3-2-4-8-15)34-22(24(36)39)35-23(38)17(12-14-26(30,31)32)16(21(33)37)11-13-25(27,28)29/h2-10,16-17,22H,11-14H2,1H3,(H2,33,37)(H,35,38). The molecule has 0 saturated heterocycles. The summed E-state index contributed by atoms with van der Waals surface area (Å²) in [5.74, 6) is -7.08. The SMILES string of the molecule is CN1C(=O)C(NC(=O)C(CCC(F)(F)F)C(CCC(F)(F)F)C(N)=O)N=C(c2ccccc2)c2ccccc21. The van der Waals surface area contributed by atoms with E-state index < -0.39 is 73.8 Å². The van der Waals surface area contributed by atoms with Crippen LogP contribution in [0.15, 0.2) is 59.6 Å². The fraction of sp³-hybridized carbons (Fsp3) is 0.385. The number of hydrogen-bond acceptors (Lipinski definition) is 4. The molecule has 3 unspecified atom stereocenters. The van der Waals surface area contributed by atoms with Crippen LogP contribution in [0.2, 0.25) is 0 Å². The van der Waals surface area contributed by atoms with E-state index in [1.807, 2.05) is 0 Å². The minimum atomic E-state index is -4.76. The van der Waals surface area contributed by atoms with E-state index in [4.69, 9.17) is 5.73 Å². The first kappa shape index (κ1) is 29.7. The molecule has 2 aromatic carbocycles. The Morgan fingerprint density at radius 2 is 1.46 bits per heavy atom. The first-order valence-electron chi connectivity index (χ1n) is 11.9. The van der Waals surface area contributed by atoms with Crippen molar-refractivity contribution in [3.05, 3.63) is 65.7 Å². The topological polar surface area (TPSA) is 105 Å². The summed E-state index contributed by atoms with van der Waals surface area (Å²) in [7, 11) is 1.42. The fourth-order valence-electron chi connectivity index (χ4n) is 4.38. The summed E-state index contributed by atoms with van der Waals surface area (Å²) in [5, 5.41) is 2.27. The van der Waals surface area contributed by atoms with Gasteiger partial charge in [-0.05, 0) is 18.9 Å². The van der Waals surface area contributed by atoms with Crippen molar-refractivity contribution in [3.63, 3.8) is 0 Å². The lowest BCUT2D eigenvalue weighted by Gasteiger charge is -2.27. The van der Waals surface area contributed by atoms with Crippen LogP contribution in [0.3, 0.4) is 0 Å². The zero-order valence-corrected chi connectivity index (χ0v) is 20.7. The Labute approximate surface area is 220 Å². The van der Waals surface area contributed by atoms with Gasteiger partial charge in [-0.2, -0.15) is 26.3 Å². The zero-order chi connectivity index (χ0) is 29.0. The summed E-state index contributed by atoms with van der Waals surface area (Å²) in [6.45, 7) is 0. The Morgan fingerprint density at radius 1 is 0.923 bits per heavy atom. The van der Waals surface area contributed by atoms with Crippen molar-refractivity contribution in [2.75, 3.05) is 11.9 Å². The highest BCUT2D eigenvalue weighted by molar-refractivity contribution is 6.20. The lowest BCUT2D eigenvalue weighted by Crippen LogP contribution is -2.50. The van der Waals surface area contributed by atoms with Crippen LogP contribution >= 0.6 is 0 Å². The Hall–Kier alpha value is -3.90. The average molecular weight is 557 g/mol. The molecule has 0 aliphatic carbocycles. The van der Waals surface area contributed by atoms with Gasteiger partial charge in [0.15, 0.2) is 0 Å². The van der Waals surface area contributed by atoms with Crippen molar-refractivity contribution >= 4 is 29.1 Å². The van der Waals surface area contributed by atoms with Crippen molar-refractivity contribution in [3.8, 4) is 0 Å². The van der Waals surface area contributed by atoms with E-state index in [-0.39, 0.29) is 0 Å². The quantitative estimate of drug-likeness (QED) is 0.449. The smallest absolute Gasteiger partial charge is 0.369 e. The van der Waals surface area contributed by atoms with Gasteiger partial charge in [0, 0.05) is 42.9 Å². The molecule has 1 heterocycles. The van der Waals surface area contributed by atoms with Crippen LogP contribution < -0.4 is 16.0 Å². The van der Waals surface area contributed by atoms with Crippen molar-refractivity contribution < 1.29 is 40.7 Å². The normalized spacial score (nSPS) is 17.5. The van der Waals surface area contributed by atoms with Crippen molar-refractivity contribution in [2.24, 2.45) is 22.6 Å². The number of carbonyl (C=O) groups excluding carboxylic acids is 3. The summed E-state index contributed by atoms with van der Waals surface area (Å²) < 4.78 is 77.7. The third-order valence-electron chi connectivity index (χ3n) is 6.33. The van der Waals surface area contributed by atoms with Gasteiger partial charge in [-0.25, -0.2) is 4.99 Å².